The molecule has 0 aromatic heterocycles. The van der Waals surface area contributed by atoms with Crippen molar-refractivity contribution in [2.24, 2.45) is 0 Å². The molecule has 0 saturated heterocycles. The summed E-state index contributed by atoms with van der Waals surface area (Å²) in [5, 5.41) is 2.79. The molecule has 2 aliphatic heterocycles. The average Bonchev–Trinajstić information content (AvgIpc) is 2.62. The van der Waals surface area contributed by atoms with Gasteiger partial charge in [0, 0.05) is 17.9 Å². The zero-order valence-corrected chi connectivity index (χ0v) is 13.7. The fraction of sp³-hybridized carbons (Fsp3) is 0.263. The Bertz CT molecular complexity index is 850. The molecule has 0 aliphatic carbocycles. The lowest BCUT2D eigenvalue weighted by Gasteiger charge is -2.32. The van der Waals surface area contributed by atoms with Gasteiger partial charge in [0.05, 0.1) is 12.1 Å². The van der Waals surface area contributed by atoms with E-state index >= 15 is 0 Å². The van der Waals surface area contributed by atoms with Crippen LogP contribution in [0.4, 0.5) is 17.1 Å². The normalized spacial score (nSPS) is 18.6. The lowest BCUT2D eigenvalue weighted by molar-refractivity contribution is -0.129. The summed E-state index contributed by atoms with van der Waals surface area (Å²) in [7, 11) is 0. The molecule has 0 fully saturated rings. The number of ether oxygens (including phenoxy) is 1. The van der Waals surface area contributed by atoms with Crippen molar-refractivity contribution in [1.82, 2.24) is 0 Å². The van der Waals surface area contributed by atoms with Crippen molar-refractivity contribution in [3.05, 3.63) is 48.0 Å². The van der Waals surface area contributed by atoms with Crippen LogP contribution in [0.2, 0.25) is 0 Å². The minimum Gasteiger partial charge on any atom is -0.478 e. The van der Waals surface area contributed by atoms with Gasteiger partial charge in [0.2, 0.25) is 5.91 Å². The van der Waals surface area contributed by atoms with Gasteiger partial charge in [-0.15, -0.1) is 0 Å². The van der Waals surface area contributed by atoms with Crippen molar-refractivity contribution in [2.75, 3.05) is 22.5 Å². The van der Waals surface area contributed by atoms with Gasteiger partial charge in [0.1, 0.15) is 5.75 Å². The molecule has 0 radical (unpaired) electrons. The van der Waals surface area contributed by atoms with Crippen LogP contribution in [-0.4, -0.2) is 24.5 Å². The second-order valence-corrected chi connectivity index (χ2v) is 6.29. The molecule has 3 N–H and O–H groups in total. The Labute approximate surface area is 145 Å². The van der Waals surface area contributed by atoms with E-state index in [-0.39, 0.29) is 18.2 Å². The number of nitrogens with two attached hydrogens (primary N) is 1. The summed E-state index contributed by atoms with van der Waals surface area (Å²) in [5.41, 5.74) is 9.21. The molecule has 0 spiro atoms. The quantitative estimate of drug-likeness (QED) is 0.824. The van der Waals surface area contributed by atoms with E-state index in [9.17, 15) is 9.59 Å². The Morgan fingerprint density at radius 3 is 2.96 bits per heavy atom. The van der Waals surface area contributed by atoms with E-state index in [1.807, 2.05) is 30.3 Å². The molecule has 0 bridgehead atoms. The summed E-state index contributed by atoms with van der Waals surface area (Å²) in [4.78, 5) is 26.8. The van der Waals surface area contributed by atoms with E-state index in [0.717, 1.165) is 24.1 Å². The summed E-state index contributed by atoms with van der Waals surface area (Å²) in [6.07, 6.45) is 0.885. The summed E-state index contributed by atoms with van der Waals surface area (Å²) < 4.78 is 5.73. The van der Waals surface area contributed by atoms with Gasteiger partial charge in [-0.3, -0.25) is 9.59 Å². The number of anilines is 3. The monoisotopic (exact) mass is 337 g/mol. The van der Waals surface area contributed by atoms with Crippen molar-refractivity contribution in [2.45, 2.75) is 25.4 Å². The third kappa shape index (κ3) is 2.80. The van der Waals surface area contributed by atoms with E-state index in [1.54, 1.807) is 17.0 Å². The van der Waals surface area contributed by atoms with Crippen LogP contribution >= 0.6 is 0 Å². The first-order valence-electron chi connectivity index (χ1n) is 8.38. The minimum absolute atomic E-state index is 0.00555. The molecule has 6 heteroatoms. The summed E-state index contributed by atoms with van der Waals surface area (Å²) >= 11 is 0. The predicted octanol–water partition coefficient (Wildman–Crippen LogP) is 2.34. The highest BCUT2D eigenvalue weighted by Gasteiger charge is 2.32. The third-order valence-electron chi connectivity index (χ3n) is 4.65. The van der Waals surface area contributed by atoms with E-state index < -0.39 is 6.10 Å². The Kier molecular flexibility index (Phi) is 3.80. The molecule has 1 unspecified atom stereocenters. The second-order valence-electron chi connectivity index (χ2n) is 6.29. The number of para-hydroxylation sites is 2. The van der Waals surface area contributed by atoms with Crippen molar-refractivity contribution < 1.29 is 14.3 Å². The first-order chi connectivity index (χ1) is 12.1. The van der Waals surface area contributed by atoms with Crippen LogP contribution in [0.25, 0.3) is 0 Å². The van der Waals surface area contributed by atoms with Crippen LogP contribution in [0.5, 0.6) is 5.75 Å². The minimum atomic E-state index is -0.825. The van der Waals surface area contributed by atoms with Gasteiger partial charge in [0.15, 0.2) is 6.10 Å². The molecule has 6 nitrogen and oxygen atoms in total. The molecule has 2 aromatic rings. The number of carbonyl (C=O) groups is 2. The van der Waals surface area contributed by atoms with Gasteiger partial charge in [0.25, 0.3) is 5.91 Å². The standard InChI is InChI=1S/C19H19N3O3/c20-13-6-3-8-15-12(13)5-4-10-22(15)18(23)11-17-19(24)21-14-7-1-2-9-16(14)25-17/h1-3,6-9,17H,4-5,10-11,20H2,(H,21,24). The SMILES string of the molecule is Nc1cccc2c1CCCN2C(=O)CC1Oc2ccccc2NC1=O. The van der Waals surface area contributed by atoms with E-state index in [2.05, 4.69) is 5.32 Å². The molecular formula is C19H19N3O3. The molecule has 128 valence electrons. The third-order valence-corrected chi connectivity index (χ3v) is 4.65. The Morgan fingerprint density at radius 1 is 1.24 bits per heavy atom. The summed E-state index contributed by atoms with van der Waals surface area (Å²) in [6, 6.07) is 12.8. The predicted molar refractivity (Wildman–Crippen MR) is 95.6 cm³/mol. The van der Waals surface area contributed by atoms with Crippen molar-refractivity contribution >= 4 is 28.9 Å². The molecule has 2 aromatic carbocycles. The van der Waals surface area contributed by atoms with Crippen LogP contribution < -0.4 is 20.7 Å². The van der Waals surface area contributed by atoms with Crippen LogP contribution in [0.1, 0.15) is 18.4 Å². The maximum Gasteiger partial charge on any atom is 0.266 e. The van der Waals surface area contributed by atoms with Crippen molar-refractivity contribution in [3.63, 3.8) is 0 Å². The van der Waals surface area contributed by atoms with Crippen molar-refractivity contribution in [3.8, 4) is 5.75 Å². The van der Waals surface area contributed by atoms with Crippen LogP contribution in [0, 0.1) is 0 Å². The fourth-order valence-corrected chi connectivity index (χ4v) is 3.41. The van der Waals surface area contributed by atoms with E-state index in [1.165, 1.54) is 0 Å². The number of carbonyl (C=O) groups excluding carboxylic acids is 2. The molecule has 2 heterocycles. The first-order valence-corrected chi connectivity index (χ1v) is 8.38. The Morgan fingerprint density at radius 2 is 2.08 bits per heavy atom. The summed E-state index contributed by atoms with van der Waals surface area (Å²) in [5.74, 6) is 0.158. The maximum absolute atomic E-state index is 12.8. The molecule has 0 saturated carbocycles. The number of benzene rings is 2. The number of nitrogen functional groups attached to an aromatic ring is 1. The molecule has 25 heavy (non-hydrogen) atoms. The number of hydrogen-bond donors (Lipinski definition) is 2. The fourth-order valence-electron chi connectivity index (χ4n) is 3.41. The van der Waals surface area contributed by atoms with E-state index in [4.69, 9.17) is 10.5 Å². The lowest BCUT2D eigenvalue weighted by Crippen LogP contribution is -2.43. The van der Waals surface area contributed by atoms with Crippen LogP contribution in [0.15, 0.2) is 42.5 Å². The topological polar surface area (TPSA) is 84.7 Å². The highest BCUT2D eigenvalue weighted by Crippen LogP contribution is 2.33. The maximum atomic E-state index is 12.8. The highest BCUT2D eigenvalue weighted by atomic mass is 16.5. The highest BCUT2D eigenvalue weighted by molar-refractivity contribution is 6.03. The summed E-state index contributed by atoms with van der Waals surface area (Å²) in [6.45, 7) is 0.625. The largest absolute Gasteiger partial charge is 0.478 e. The molecule has 2 amide bonds. The molecule has 1 atom stereocenters. The number of fused-ring (bicyclic) bond motifs is 2. The zero-order valence-electron chi connectivity index (χ0n) is 13.7. The van der Waals surface area contributed by atoms with Crippen LogP contribution in [-0.2, 0) is 16.0 Å². The smallest absolute Gasteiger partial charge is 0.266 e. The van der Waals surface area contributed by atoms with Gasteiger partial charge >= 0.3 is 0 Å². The Hall–Kier alpha value is -3.02. The zero-order chi connectivity index (χ0) is 17.4. The second kappa shape index (κ2) is 6.12. The van der Waals surface area contributed by atoms with Gasteiger partial charge in [-0.2, -0.15) is 0 Å². The number of hydrogen-bond acceptors (Lipinski definition) is 4. The van der Waals surface area contributed by atoms with Gasteiger partial charge < -0.3 is 20.7 Å². The first kappa shape index (κ1) is 15.5. The number of rotatable bonds is 2. The number of amides is 2. The van der Waals surface area contributed by atoms with E-state index in [0.29, 0.717) is 23.7 Å². The molecular weight excluding hydrogens is 318 g/mol. The average molecular weight is 337 g/mol. The number of nitrogens with one attached hydrogen (secondary N) is 1. The number of nitrogens with zero attached hydrogens (tertiary/aromatic N) is 1. The van der Waals surface area contributed by atoms with Gasteiger partial charge in [-0.1, -0.05) is 18.2 Å². The Balaban J connectivity index is 1.54. The molecule has 2 aliphatic rings. The van der Waals surface area contributed by atoms with Crippen LogP contribution in [0.3, 0.4) is 0 Å². The van der Waals surface area contributed by atoms with Gasteiger partial charge in [-0.05, 0) is 42.7 Å². The molecule has 4 rings (SSSR count). The van der Waals surface area contributed by atoms with Gasteiger partial charge in [-0.25, -0.2) is 0 Å². The lowest BCUT2D eigenvalue weighted by atomic mass is 9.99. The van der Waals surface area contributed by atoms with Crippen molar-refractivity contribution in [1.29, 1.82) is 0 Å².